The van der Waals surface area contributed by atoms with E-state index < -0.39 is 0 Å². The van der Waals surface area contributed by atoms with Gasteiger partial charge in [-0.1, -0.05) is 6.58 Å². The molecule has 1 atom stereocenters. The third-order valence-electron chi connectivity index (χ3n) is 5.96. The van der Waals surface area contributed by atoms with E-state index in [0.29, 0.717) is 18.9 Å². The van der Waals surface area contributed by atoms with E-state index in [1.165, 1.54) is 13.1 Å². The van der Waals surface area contributed by atoms with Gasteiger partial charge < -0.3 is 13.6 Å². The monoisotopic (exact) mass is 387 g/mol. The highest BCUT2D eigenvalue weighted by molar-refractivity contribution is 7.14. The lowest BCUT2D eigenvalue weighted by molar-refractivity contribution is -0.941. The van der Waals surface area contributed by atoms with Crippen molar-refractivity contribution in [3.05, 3.63) is 54.3 Å². The Bertz CT molecular complexity index is 749. The van der Waals surface area contributed by atoms with Crippen LogP contribution in [0.1, 0.15) is 18.6 Å². The average molecular weight is 388 g/mol. The third kappa shape index (κ3) is 3.96. The molecule has 3 fully saturated rings. The number of carbonyl (C=O) groups excluding carboxylic acids is 1. The number of nitrogens with zero attached hydrogens (tertiary/aromatic N) is 2. The summed E-state index contributed by atoms with van der Waals surface area (Å²) in [5, 5.41) is 2.91. The molecule has 0 aliphatic carbocycles. The zero-order chi connectivity index (χ0) is 18.7. The fourth-order valence-electron chi connectivity index (χ4n) is 4.47. The quantitative estimate of drug-likeness (QED) is 0.525. The second kappa shape index (κ2) is 7.90. The fourth-order valence-corrected chi connectivity index (χ4v) is 5.22. The van der Waals surface area contributed by atoms with Gasteiger partial charge in [0.05, 0.1) is 25.9 Å². The van der Waals surface area contributed by atoms with Gasteiger partial charge in [-0.15, -0.1) is 11.3 Å². The Morgan fingerprint density at radius 1 is 1.37 bits per heavy atom. The minimum atomic E-state index is -0.237. The standard InChI is InChI=1S/C21H27N2O3S/c1-2-11-23-12-8-17(9-13-23)19(16-23)26-21(24)22(20-6-4-15-27-20)10-7-18-5-3-14-25-18/h2-6,14-15,17,19H,1,7-13,16H2/q+1/t17?,19-,23?/m0/s1. The molecule has 5 nitrogen and oxygen atoms in total. The van der Waals surface area contributed by atoms with Gasteiger partial charge in [0, 0.05) is 31.7 Å². The first-order valence-corrected chi connectivity index (χ1v) is 10.6. The van der Waals surface area contributed by atoms with Crippen LogP contribution in [-0.4, -0.2) is 49.4 Å². The van der Waals surface area contributed by atoms with Crippen molar-refractivity contribution in [3.8, 4) is 0 Å². The van der Waals surface area contributed by atoms with Crippen molar-refractivity contribution in [1.29, 1.82) is 0 Å². The normalized spacial score (nSPS) is 26.7. The number of thiophene rings is 1. The summed E-state index contributed by atoms with van der Waals surface area (Å²) >= 11 is 1.56. The van der Waals surface area contributed by atoms with E-state index >= 15 is 0 Å². The Labute approximate surface area is 164 Å². The molecule has 6 heteroatoms. The summed E-state index contributed by atoms with van der Waals surface area (Å²) in [6.07, 6.45) is 6.38. The zero-order valence-corrected chi connectivity index (χ0v) is 16.4. The van der Waals surface area contributed by atoms with Crippen LogP contribution >= 0.6 is 11.3 Å². The average Bonchev–Trinajstić information content (AvgIpc) is 3.37. The van der Waals surface area contributed by atoms with E-state index in [9.17, 15) is 4.79 Å². The number of hydrogen-bond donors (Lipinski definition) is 0. The van der Waals surface area contributed by atoms with E-state index in [1.807, 2.05) is 35.7 Å². The summed E-state index contributed by atoms with van der Waals surface area (Å²) in [6, 6.07) is 7.75. The van der Waals surface area contributed by atoms with Gasteiger partial charge in [0.25, 0.3) is 0 Å². The number of anilines is 1. The van der Waals surface area contributed by atoms with Gasteiger partial charge in [0.2, 0.25) is 0 Å². The summed E-state index contributed by atoms with van der Waals surface area (Å²) in [5.41, 5.74) is 0. The number of amides is 1. The molecule has 27 heavy (non-hydrogen) atoms. The highest BCUT2D eigenvalue weighted by atomic mass is 32.1. The number of carbonyl (C=O) groups is 1. The van der Waals surface area contributed by atoms with Crippen LogP contribution in [0.5, 0.6) is 0 Å². The molecule has 2 bridgehead atoms. The van der Waals surface area contributed by atoms with E-state index in [4.69, 9.17) is 9.15 Å². The van der Waals surface area contributed by atoms with Crippen LogP contribution < -0.4 is 4.90 Å². The molecule has 1 amide bonds. The smallest absolute Gasteiger partial charge is 0.415 e. The van der Waals surface area contributed by atoms with Gasteiger partial charge >= 0.3 is 6.09 Å². The first-order chi connectivity index (χ1) is 13.2. The van der Waals surface area contributed by atoms with Crippen molar-refractivity contribution in [3.63, 3.8) is 0 Å². The Morgan fingerprint density at radius 2 is 2.22 bits per heavy atom. The summed E-state index contributed by atoms with van der Waals surface area (Å²) in [5.74, 6) is 1.37. The number of fused-ring (bicyclic) bond motifs is 3. The van der Waals surface area contributed by atoms with Crippen LogP contribution in [0.15, 0.2) is 53.0 Å². The molecule has 3 aliphatic heterocycles. The Morgan fingerprint density at radius 3 is 2.89 bits per heavy atom. The maximum atomic E-state index is 13.1. The third-order valence-corrected chi connectivity index (χ3v) is 6.86. The predicted molar refractivity (Wildman–Crippen MR) is 107 cm³/mol. The van der Waals surface area contributed by atoms with Crippen molar-refractivity contribution in [2.24, 2.45) is 5.92 Å². The first kappa shape index (κ1) is 18.3. The number of piperidine rings is 3. The number of furan rings is 1. The van der Waals surface area contributed by atoms with Gasteiger partial charge in [-0.25, -0.2) is 4.79 Å². The van der Waals surface area contributed by atoms with E-state index in [2.05, 4.69) is 6.58 Å². The van der Waals surface area contributed by atoms with Crippen molar-refractivity contribution in [1.82, 2.24) is 0 Å². The second-order valence-electron chi connectivity index (χ2n) is 7.63. The SMILES string of the molecule is C=CC[N+]12CCC(CC1)[C@@H](OC(=O)N(CCc1ccco1)c1cccs1)C2. The van der Waals surface area contributed by atoms with Crippen LogP contribution in [0.25, 0.3) is 0 Å². The number of quaternary nitrogens is 1. The van der Waals surface area contributed by atoms with Crippen molar-refractivity contribution in [2.75, 3.05) is 37.6 Å². The molecule has 0 radical (unpaired) electrons. The molecular formula is C21H27N2O3S+. The largest absolute Gasteiger partial charge is 0.469 e. The van der Waals surface area contributed by atoms with Crippen LogP contribution in [0.2, 0.25) is 0 Å². The number of ether oxygens (including phenoxy) is 1. The lowest BCUT2D eigenvalue weighted by Crippen LogP contribution is -2.64. The van der Waals surface area contributed by atoms with Gasteiger partial charge in [-0.2, -0.15) is 0 Å². The minimum absolute atomic E-state index is 0.00558. The lowest BCUT2D eigenvalue weighted by Gasteiger charge is -2.51. The maximum absolute atomic E-state index is 13.1. The van der Waals surface area contributed by atoms with E-state index in [1.54, 1.807) is 22.5 Å². The zero-order valence-electron chi connectivity index (χ0n) is 15.6. The Kier molecular flexibility index (Phi) is 5.36. The summed E-state index contributed by atoms with van der Waals surface area (Å²) in [4.78, 5) is 14.8. The highest BCUT2D eigenvalue weighted by Gasteiger charge is 2.47. The second-order valence-corrected chi connectivity index (χ2v) is 8.56. The summed E-state index contributed by atoms with van der Waals surface area (Å²) < 4.78 is 12.5. The molecule has 5 rings (SSSR count). The lowest BCUT2D eigenvalue weighted by atomic mass is 9.83. The Hall–Kier alpha value is -2.05. The molecule has 3 aliphatic rings. The van der Waals surface area contributed by atoms with E-state index in [-0.39, 0.29) is 12.2 Å². The molecule has 3 saturated heterocycles. The fraction of sp³-hybridized carbons (Fsp3) is 0.476. The predicted octanol–water partition coefficient (Wildman–Crippen LogP) is 4.32. The summed E-state index contributed by atoms with van der Waals surface area (Å²) in [6.45, 7) is 8.71. The molecule has 2 aromatic rings. The number of hydrogen-bond acceptors (Lipinski definition) is 4. The molecule has 0 aromatic carbocycles. The molecule has 0 N–H and O–H groups in total. The first-order valence-electron chi connectivity index (χ1n) is 9.69. The Balaban J connectivity index is 1.44. The molecule has 0 unspecified atom stereocenters. The topological polar surface area (TPSA) is 42.7 Å². The van der Waals surface area contributed by atoms with Gasteiger partial charge in [0.15, 0.2) is 6.10 Å². The van der Waals surface area contributed by atoms with Crippen LogP contribution in [0, 0.1) is 5.92 Å². The van der Waals surface area contributed by atoms with Gasteiger partial charge in [0.1, 0.15) is 17.3 Å². The molecule has 0 saturated carbocycles. The molecule has 0 spiro atoms. The van der Waals surface area contributed by atoms with Gasteiger partial charge in [-0.3, -0.25) is 4.90 Å². The highest BCUT2D eigenvalue weighted by Crippen LogP contribution is 2.36. The van der Waals surface area contributed by atoms with Crippen molar-refractivity contribution >= 4 is 22.4 Å². The van der Waals surface area contributed by atoms with Crippen LogP contribution in [-0.2, 0) is 11.2 Å². The molecule has 2 aromatic heterocycles. The van der Waals surface area contributed by atoms with Crippen molar-refractivity contribution in [2.45, 2.75) is 25.4 Å². The maximum Gasteiger partial charge on any atom is 0.415 e. The molecular weight excluding hydrogens is 360 g/mol. The van der Waals surface area contributed by atoms with E-state index in [0.717, 1.165) is 41.2 Å². The molecule has 144 valence electrons. The summed E-state index contributed by atoms with van der Waals surface area (Å²) in [7, 11) is 0. The van der Waals surface area contributed by atoms with Crippen LogP contribution in [0.4, 0.5) is 9.80 Å². The van der Waals surface area contributed by atoms with Crippen LogP contribution in [0.3, 0.4) is 0 Å². The van der Waals surface area contributed by atoms with Gasteiger partial charge in [-0.05, 0) is 35.7 Å². The van der Waals surface area contributed by atoms with Crippen molar-refractivity contribution < 1.29 is 18.4 Å². The number of rotatable bonds is 7. The minimum Gasteiger partial charge on any atom is -0.469 e. The molecule has 5 heterocycles.